The highest BCUT2D eigenvalue weighted by Gasteiger charge is 2.23. The Kier molecular flexibility index (Phi) is 3.51. The van der Waals surface area contributed by atoms with E-state index >= 15 is 0 Å². The summed E-state index contributed by atoms with van der Waals surface area (Å²) in [5.41, 5.74) is 9.61. The topological polar surface area (TPSA) is 81.5 Å². The Hall–Kier alpha value is -2.50. The summed E-state index contributed by atoms with van der Waals surface area (Å²) in [6.07, 6.45) is 5.60. The molecule has 0 spiro atoms. The number of nitrogens with zero attached hydrogens (tertiary/aromatic N) is 5. The van der Waals surface area contributed by atoms with Crippen molar-refractivity contribution >= 4 is 11.7 Å². The van der Waals surface area contributed by atoms with Gasteiger partial charge < -0.3 is 5.73 Å². The first-order valence-corrected chi connectivity index (χ1v) is 7.05. The van der Waals surface area contributed by atoms with Gasteiger partial charge in [0.05, 0.1) is 12.3 Å². The smallest absolute Gasteiger partial charge is 0.215 e. The summed E-state index contributed by atoms with van der Waals surface area (Å²) < 4.78 is 1.91. The molecule has 1 atom stereocenters. The Bertz CT molecular complexity index is 698. The first-order valence-electron chi connectivity index (χ1n) is 7.05. The third-order valence-electron chi connectivity index (χ3n) is 3.53. The minimum Gasteiger partial charge on any atom is -0.368 e. The minimum atomic E-state index is 0.224. The molecule has 0 radical (unpaired) electrons. The van der Waals surface area contributed by atoms with Crippen molar-refractivity contribution in [2.24, 2.45) is 21.6 Å². The number of guanidine groups is 1. The van der Waals surface area contributed by atoms with Crippen molar-refractivity contribution in [1.29, 1.82) is 0 Å². The van der Waals surface area contributed by atoms with Gasteiger partial charge in [0.15, 0.2) is 0 Å². The van der Waals surface area contributed by atoms with Crippen molar-refractivity contribution in [2.75, 3.05) is 6.54 Å². The molecule has 1 unspecified atom stereocenters. The van der Waals surface area contributed by atoms with Crippen LogP contribution in [0.5, 0.6) is 0 Å². The van der Waals surface area contributed by atoms with E-state index in [1.165, 1.54) is 0 Å². The van der Waals surface area contributed by atoms with Crippen molar-refractivity contribution in [3.8, 4) is 11.3 Å². The van der Waals surface area contributed by atoms with E-state index in [4.69, 9.17) is 5.73 Å². The number of rotatable bonds is 3. The van der Waals surface area contributed by atoms with Crippen LogP contribution < -0.4 is 5.73 Å². The van der Waals surface area contributed by atoms with Crippen LogP contribution >= 0.6 is 0 Å². The van der Waals surface area contributed by atoms with Crippen molar-refractivity contribution in [1.82, 2.24) is 14.8 Å². The van der Waals surface area contributed by atoms with E-state index in [2.05, 4.69) is 33.9 Å². The Morgan fingerprint density at radius 3 is 3.00 bits per heavy atom. The fourth-order valence-corrected chi connectivity index (χ4v) is 2.40. The molecule has 21 heavy (non-hydrogen) atoms. The molecule has 6 heteroatoms. The molecule has 0 saturated carbocycles. The molecule has 2 aromatic heterocycles. The molecule has 0 fully saturated rings. The number of pyridine rings is 1. The van der Waals surface area contributed by atoms with Gasteiger partial charge in [0.1, 0.15) is 5.69 Å². The second kappa shape index (κ2) is 5.47. The van der Waals surface area contributed by atoms with E-state index in [0.29, 0.717) is 12.5 Å². The maximum Gasteiger partial charge on any atom is 0.215 e. The van der Waals surface area contributed by atoms with Gasteiger partial charge in [0.25, 0.3) is 0 Å². The van der Waals surface area contributed by atoms with E-state index < -0.39 is 0 Å². The van der Waals surface area contributed by atoms with Crippen LogP contribution in [-0.2, 0) is 6.54 Å². The lowest BCUT2D eigenvalue weighted by Gasteiger charge is -2.16. The van der Waals surface area contributed by atoms with E-state index in [-0.39, 0.29) is 5.92 Å². The van der Waals surface area contributed by atoms with Crippen LogP contribution in [0.1, 0.15) is 19.4 Å². The minimum absolute atomic E-state index is 0.224. The molecule has 0 amide bonds. The van der Waals surface area contributed by atoms with Crippen molar-refractivity contribution < 1.29 is 0 Å². The monoisotopic (exact) mass is 282 g/mol. The van der Waals surface area contributed by atoms with Gasteiger partial charge in [-0.3, -0.25) is 14.7 Å². The Labute approximate surface area is 123 Å². The predicted molar refractivity (Wildman–Crippen MR) is 83.3 cm³/mol. The maximum atomic E-state index is 5.78. The van der Waals surface area contributed by atoms with Crippen LogP contribution in [0.25, 0.3) is 11.3 Å². The van der Waals surface area contributed by atoms with E-state index in [1.54, 1.807) is 6.20 Å². The molecule has 0 saturated heterocycles. The van der Waals surface area contributed by atoms with Gasteiger partial charge in [-0.05, 0) is 19.1 Å². The zero-order valence-corrected chi connectivity index (χ0v) is 12.2. The molecule has 108 valence electrons. The molecule has 2 aromatic rings. The number of nitrogens with two attached hydrogens (primary N) is 1. The van der Waals surface area contributed by atoms with Crippen LogP contribution in [-0.4, -0.2) is 33.0 Å². The molecular weight excluding hydrogens is 264 g/mol. The lowest BCUT2D eigenvalue weighted by molar-refractivity contribution is 0.661. The Morgan fingerprint density at radius 1 is 1.43 bits per heavy atom. The van der Waals surface area contributed by atoms with E-state index in [0.717, 1.165) is 29.1 Å². The highest BCUT2D eigenvalue weighted by Crippen LogP contribution is 2.25. The van der Waals surface area contributed by atoms with E-state index in [1.807, 2.05) is 29.2 Å². The average Bonchev–Trinajstić information content (AvgIpc) is 2.95. The summed E-state index contributed by atoms with van der Waals surface area (Å²) in [7, 11) is 0. The lowest BCUT2D eigenvalue weighted by Crippen LogP contribution is -2.26. The fourth-order valence-electron chi connectivity index (χ4n) is 2.40. The summed E-state index contributed by atoms with van der Waals surface area (Å²) in [6.45, 7) is 5.63. The number of aliphatic imine (C=N–C) groups is 2. The normalized spacial score (nSPS) is 18.3. The highest BCUT2D eigenvalue weighted by molar-refractivity contribution is 6.12. The second-order valence-electron chi connectivity index (χ2n) is 5.09. The quantitative estimate of drug-likeness (QED) is 0.930. The van der Waals surface area contributed by atoms with E-state index in [9.17, 15) is 0 Å². The van der Waals surface area contributed by atoms with Crippen molar-refractivity contribution in [3.63, 3.8) is 0 Å². The third-order valence-corrected chi connectivity index (χ3v) is 3.53. The number of aromatic nitrogens is 3. The van der Waals surface area contributed by atoms with Gasteiger partial charge in [0.2, 0.25) is 5.96 Å². The molecule has 0 aliphatic carbocycles. The molecule has 2 N–H and O–H groups in total. The van der Waals surface area contributed by atoms with Crippen LogP contribution in [0.15, 0.2) is 40.7 Å². The summed E-state index contributed by atoms with van der Waals surface area (Å²) in [4.78, 5) is 12.8. The van der Waals surface area contributed by atoms with Gasteiger partial charge in [-0.25, -0.2) is 4.99 Å². The van der Waals surface area contributed by atoms with Crippen molar-refractivity contribution in [3.05, 3.63) is 36.3 Å². The molecule has 1 aliphatic heterocycles. The molecule has 3 heterocycles. The van der Waals surface area contributed by atoms with Gasteiger partial charge in [-0.2, -0.15) is 5.10 Å². The largest absolute Gasteiger partial charge is 0.368 e. The van der Waals surface area contributed by atoms with Gasteiger partial charge in [-0.1, -0.05) is 6.92 Å². The van der Waals surface area contributed by atoms with Gasteiger partial charge >= 0.3 is 0 Å². The van der Waals surface area contributed by atoms with Crippen LogP contribution in [0, 0.1) is 5.92 Å². The summed E-state index contributed by atoms with van der Waals surface area (Å²) in [5, 5.41) is 4.65. The van der Waals surface area contributed by atoms with Crippen molar-refractivity contribution in [2.45, 2.75) is 20.4 Å². The molecular formula is C15H18N6. The number of hydrogen-bond acceptors (Lipinski definition) is 5. The maximum absolute atomic E-state index is 5.78. The number of hydrogen-bond donors (Lipinski definition) is 1. The summed E-state index contributed by atoms with van der Waals surface area (Å²) in [5.74, 6) is 0.562. The Morgan fingerprint density at radius 2 is 2.29 bits per heavy atom. The first-order chi connectivity index (χ1) is 10.2. The summed E-state index contributed by atoms with van der Waals surface area (Å²) >= 11 is 0. The number of aryl methyl sites for hydroxylation is 1. The van der Waals surface area contributed by atoms with Crippen LogP contribution in [0.3, 0.4) is 0 Å². The molecule has 3 rings (SSSR count). The van der Waals surface area contributed by atoms with Crippen LogP contribution in [0.4, 0.5) is 0 Å². The lowest BCUT2D eigenvalue weighted by atomic mass is 9.96. The fraction of sp³-hybridized carbons (Fsp3) is 0.333. The zero-order chi connectivity index (χ0) is 14.8. The van der Waals surface area contributed by atoms with Gasteiger partial charge in [-0.15, -0.1) is 0 Å². The first kappa shape index (κ1) is 13.5. The standard InChI is InChI=1S/C15H18N6/c1-3-21-9-12(13-10(2)7-18-15(16)19-13)14(20-21)11-5-4-6-17-8-11/h4-6,8-10H,3,7H2,1-2H3,(H2,16,18). The van der Waals surface area contributed by atoms with Gasteiger partial charge in [0, 0.05) is 42.2 Å². The zero-order valence-electron chi connectivity index (χ0n) is 12.2. The molecule has 6 nitrogen and oxygen atoms in total. The third kappa shape index (κ3) is 2.56. The average molecular weight is 282 g/mol. The molecule has 0 aromatic carbocycles. The Balaban J connectivity index is 2.14. The van der Waals surface area contributed by atoms with Crippen LogP contribution in [0.2, 0.25) is 0 Å². The predicted octanol–water partition coefficient (Wildman–Crippen LogP) is 1.72. The molecule has 0 bridgehead atoms. The highest BCUT2D eigenvalue weighted by atomic mass is 15.3. The summed E-state index contributed by atoms with van der Waals surface area (Å²) in [6, 6.07) is 3.91. The second-order valence-corrected chi connectivity index (χ2v) is 5.09. The molecule has 1 aliphatic rings. The SMILES string of the molecule is CCn1cc(C2=NC(N)=NCC2C)c(-c2cccnc2)n1.